The third kappa shape index (κ3) is 5.66. The highest BCUT2D eigenvalue weighted by atomic mass is 16.5. The molecule has 1 aliphatic rings. The molecule has 2 aromatic heterocycles. The highest BCUT2D eigenvalue weighted by Crippen LogP contribution is 2.25. The number of rotatable bonds is 9. The number of carbonyl (C=O) groups excluding carboxylic acids is 2. The van der Waals surface area contributed by atoms with Crippen molar-refractivity contribution in [3.63, 3.8) is 0 Å². The lowest BCUT2D eigenvalue weighted by molar-refractivity contribution is -0.132. The van der Waals surface area contributed by atoms with E-state index in [1.807, 2.05) is 46.0 Å². The first kappa shape index (κ1) is 22.7. The molecule has 0 spiro atoms. The molecule has 0 aliphatic carbocycles. The van der Waals surface area contributed by atoms with Gasteiger partial charge in [0.1, 0.15) is 0 Å². The molecule has 0 unspecified atom stereocenters. The summed E-state index contributed by atoms with van der Waals surface area (Å²) in [5, 5.41) is 4.62. The number of esters is 1. The predicted octanol–water partition coefficient (Wildman–Crippen LogP) is 3.61. The molecule has 0 saturated carbocycles. The molecule has 1 amide bonds. The Morgan fingerprint density at radius 1 is 1.06 bits per heavy atom. The van der Waals surface area contributed by atoms with E-state index in [0.29, 0.717) is 44.7 Å². The van der Waals surface area contributed by atoms with Gasteiger partial charge in [-0.05, 0) is 43.9 Å². The molecule has 33 heavy (non-hydrogen) atoms. The van der Waals surface area contributed by atoms with Crippen LogP contribution in [0.25, 0.3) is 0 Å². The maximum atomic E-state index is 12.9. The Hall–Kier alpha value is -3.48. The van der Waals surface area contributed by atoms with Crippen LogP contribution < -0.4 is 0 Å². The first-order valence-electron chi connectivity index (χ1n) is 11.6. The molecule has 0 saturated heterocycles. The van der Waals surface area contributed by atoms with Gasteiger partial charge in [-0.3, -0.25) is 14.5 Å². The largest absolute Gasteiger partial charge is 0.461 e. The second-order valence-corrected chi connectivity index (χ2v) is 8.19. The monoisotopic (exact) mass is 446 g/mol. The fourth-order valence-electron chi connectivity index (χ4n) is 4.27. The van der Waals surface area contributed by atoms with Crippen LogP contribution in [0.5, 0.6) is 0 Å². The van der Waals surface area contributed by atoms with Crippen LogP contribution in [0.1, 0.15) is 52.8 Å². The lowest BCUT2D eigenvalue weighted by Gasteiger charge is -2.28. The number of fused-ring (bicyclic) bond motifs is 1. The summed E-state index contributed by atoms with van der Waals surface area (Å²) in [5.74, 6) is -0.351. The van der Waals surface area contributed by atoms with Crippen LogP contribution in [0.4, 0.5) is 0 Å². The Balaban J connectivity index is 1.45. The second kappa shape index (κ2) is 10.9. The molecule has 1 aliphatic heterocycles. The van der Waals surface area contributed by atoms with Crippen molar-refractivity contribution in [1.82, 2.24) is 19.7 Å². The molecule has 0 atom stereocenters. The highest BCUT2D eigenvalue weighted by molar-refractivity contribution is 5.89. The summed E-state index contributed by atoms with van der Waals surface area (Å²) in [5.41, 5.74) is 4.40. The van der Waals surface area contributed by atoms with Gasteiger partial charge in [0.2, 0.25) is 5.91 Å². The topological polar surface area (TPSA) is 77.3 Å². The summed E-state index contributed by atoms with van der Waals surface area (Å²) >= 11 is 0. The van der Waals surface area contributed by atoms with Crippen LogP contribution in [-0.2, 0) is 41.9 Å². The van der Waals surface area contributed by atoms with E-state index in [1.54, 1.807) is 13.1 Å². The number of pyridine rings is 1. The van der Waals surface area contributed by atoms with E-state index in [0.717, 1.165) is 36.3 Å². The van der Waals surface area contributed by atoms with Gasteiger partial charge in [0.15, 0.2) is 5.69 Å². The minimum Gasteiger partial charge on any atom is -0.461 e. The molecule has 7 heteroatoms. The SMILES string of the molecule is CCOC(=O)c1nn(CCCc2ccccc2)c2c1CN(C(=O)CCc1ccccn1)CC2. The summed E-state index contributed by atoms with van der Waals surface area (Å²) in [7, 11) is 0. The van der Waals surface area contributed by atoms with Crippen molar-refractivity contribution in [3.05, 3.63) is 82.9 Å². The van der Waals surface area contributed by atoms with E-state index in [-0.39, 0.29) is 5.91 Å². The molecule has 0 bridgehead atoms. The zero-order valence-electron chi connectivity index (χ0n) is 19.1. The average molecular weight is 447 g/mol. The smallest absolute Gasteiger partial charge is 0.359 e. The second-order valence-electron chi connectivity index (χ2n) is 8.19. The van der Waals surface area contributed by atoms with Crippen molar-refractivity contribution in [1.29, 1.82) is 0 Å². The Kier molecular flexibility index (Phi) is 7.50. The number of carbonyl (C=O) groups is 2. The van der Waals surface area contributed by atoms with E-state index in [9.17, 15) is 9.59 Å². The number of aromatic nitrogens is 3. The summed E-state index contributed by atoms with van der Waals surface area (Å²) < 4.78 is 7.20. The Morgan fingerprint density at radius 2 is 1.88 bits per heavy atom. The van der Waals surface area contributed by atoms with Crippen LogP contribution in [0.3, 0.4) is 0 Å². The number of aryl methyl sites for hydroxylation is 3. The molecule has 1 aromatic carbocycles. The maximum Gasteiger partial charge on any atom is 0.359 e. The first-order chi connectivity index (χ1) is 16.2. The van der Waals surface area contributed by atoms with Gasteiger partial charge in [-0.25, -0.2) is 4.79 Å². The molecule has 0 radical (unpaired) electrons. The van der Waals surface area contributed by atoms with Gasteiger partial charge in [0.05, 0.1) is 6.61 Å². The van der Waals surface area contributed by atoms with E-state index in [1.165, 1.54) is 5.56 Å². The fraction of sp³-hybridized carbons (Fsp3) is 0.385. The van der Waals surface area contributed by atoms with Gasteiger partial charge in [0, 0.05) is 55.6 Å². The molecule has 4 rings (SSSR count). The van der Waals surface area contributed by atoms with Gasteiger partial charge in [-0.15, -0.1) is 0 Å². The number of nitrogens with zero attached hydrogens (tertiary/aromatic N) is 4. The number of ether oxygens (including phenoxy) is 1. The first-order valence-corrected chi connectivity index (χ1v) is 11.6. The fourth-order valence-corrected chi connectivity index (χ4v) is 4.27. The minimum atomic E-state index is -0.418. The molecule has 0 N–H and O–H groups in total. The Labute approximate surface area is 194 Å². The minimum absolute atomic E-state index is 0.0675. The number of benzene rings is 1. The highest BCUT2D eigenvalue weighted by Gasteiger charge is 2.30. The molecule has 3 aromatic rings. The lowest BCUT2D eigenvalue weighted by Crippen LogP contribution is -2.37. The predicted molar refractivity (Wildman–Crippen MR) is 125 cm³/mol. The third-order valence-corrected chi connectivity index (χ3v) is 5.95. The lowest BCUT2D eigenvalue weighted by atomic mass is 10.0. The van der Waals surface area contributed by atoms with Crippen LogP contribution in [0, 0.1) is 0 Å². The summed E-state index contributed by atoms with van der Waals surface area (Å²) in [6.45, 7) is 3.82. The van der Waals surface area contributed by atoms with Crippen LogP contribution in [-0.4, -0.2) is 44.7 Å². The number of amides is 1. The van der Waals surface area contributed by atoms with Gasteiger partial charge in [-0.1, -0.05) is 36.4 Å². The quantitative estimate of drug-likeness (QED) is 0.470. The normalized spacial score (nSPS) is 12.9. The molecule has 7 nitrogen and oxygen atoms in total. The third-order valence-electron chi connectivity index (χ3n) is 5.95. The van der Waals surface area contributed by atoms with Crippen LogP contribution in [0.2, 0.25) is 0 Å². The van der Waals surface area contributed by atoms with Crippen molar-refractivity contribution < 1.29 is 14.3 Å². The molecule has 0 fully saturated rings. The summed E-state index contributed by atoms with van der Waals surface area (Å²) in [6, 6.07) is 16.1. The summed E-state index contributed by atoms with van der Waals surface area (Å²) in [4.78, 5) is 31.6. The van der Waals surface area contributed by atoms with Crippen LogP contribution in [0.15, 0.2) is 54.7 Å². The van der Waals surface area contributed by atoms with Crippen molar-refractivity contribution in [2.75, 3.05) is 13.2 Å². The molecular weight excluding hydrogens is 416 g/mol. The van der Waals surface area contributed by atoms with E-state index < -0.39 is 5.97 Å². The van der Waals surface area contributed by atoms with Crippen molar-refractivity contribution in [3.8, 4) is 0 Å². The van der Waals surface area contributed by atoms with Gasteiger partial charge >= 0.3 is 5.97 Å². The van der Waals surface area contributed by atoms with Gasteiger partial charge in [-0.2, -0.15) is 5.10 Å². The standard InChI is InChI=1S/C26H30N4O3/c1-2-33-26(32)25-22-19-29(24(31)14-13-21-12-6-7-16-27-21)18-15-23(22)30(28-25)17-8-11-20-9-4-3-5-10-20/h3-7,9-10,12,16H,2,8,11,13-15,17-19H2,1H3. The Morgan fingerprint density at radius 3 is 2.64 bits per heavy atom. The van der Waals surface area contributed by atoms with Crippen LogP contribution >= 0.6 is 0 Å². The van der Waals surface area contributed by atoms with E-state index >= 15 is 0 Å². The van der Waals surface area contributed by atoms with Crippen molar-refractivity contribution in [2.24, 2.45) is 0 Å². The maximum absolute atomic E-state index is 12.9. The molecular formula is C26H30N4O3. The van der Waals surface area contributed by atoms with E-state index in [4.69, 9.17) is 4.74 Å². The Bertz CT molecular complexity index is 1080. The zero-order chi connectivity index (χ0) is 23.0. The summed E-state index contributed by atoms with van der Waals surface area (Å²) in [6.07, 6.45) is 5.29. The number of hydrogen-bond acceptors (Lipinski definition) is 5. The van der Waals surface area contributed by atoms with Crippen molar-refractivity contribution in [2.45, 2.75) is 52.1 Å². The average Bonchev–Trinajstić information content (AvgIpc) is 3.22. The molecule has 172 valence electrons. The zero-order valence-corrected chi connectivity index (χ0v) is 19.1. The van der Waals surface area contributed by atoms with E-state index in [2.05, 4.69) is 22.2 Å². The molecule has 3 heterocycles. The van der Waals surface area contributed by atoms with Gasteiger partial charge in [0.25, 0.3) is 0 Å². The van der Waals surface area contributed by atoms with Crippen molar-refractivity contribution >= 4 is 11.9 Å². The number of hydrogen-bond donors (Lipinski definition) is 0. The van der Waals surface area contributed by atoms with Gasteiger partial charge < -0.3 is 9.64 Å².